The van der Waals surface area contributed by atoms with Crippen LogP contribution in [0.25, 0.3) is 0 Å². The van der Waals surface area contributed by atoms with E-state index in [-0.39, 0.29) is 17.7 Å². The van der Waals surface area contributed by atoms with Crippen molar-refractivity contribution >= 4 is 39.1 Å². The molecule has 0 bridgehead atoms. The maximum Gasteiger partial charge on any atom is 0.266 e. The van der Waals surface area contributed by atoms with Crippen molar-refractivity contribution in [2.24, 2.45) is 0 Å². The van der Waals surface area contributed by atoms with Gasteiger partial charge in [0.1, 0.15) is 0 Å². The van der Waals surface area contributed by atoms with E-state index in [2.05, 4.69) is 0 Å². The molecule has 0 aliphatic rings. The molecule has 0 saturated heterocycles. The Bertz CT molecular complexity index is 923. The molecular weight excluding hydrogens is 363 g/mol. The molecule has 1 aromatic heterocycles. The monoisotopic (exact) mass is 374 g/mol. The highest BCUT2D eigenvalue weighted by Crippen LogP contribution is 2.22. The van der Waals surface area contributed by atoms with Crippen molar-refractivity contribution in [1.82, 2.24) is 9.29 Å². The molecule has 1 amide bonds. The Balaban J connectivity index is 2.32. The van der Waals surface area contributed by atoms with E-state index in [1.54, 1.807) is 18.2 Å². The predicted octanol–water partition coefficient (Wildman–Crippen LogP) is 1.89. The van der Waals surface area contributed by atoms with E-state index in [9.17, 15) is 18.0 Å². The smallest absolute Gasteiger partial charge is 0.266 e. The standard InChI is InChI=1S/C14H12Cl2N2O4S/c1-23(21,22)17-14(20)10-3-5-13(19)18(8-10)7-9-2-4-11(15)12(16)6-9/h2-6,8H,7H2,1H3,(H,17,20). The first-order valence-electron chi connectivity index (χ1n) is 6.32. The van der Waals surface area contributed by atoms with Crippen molar-refractivity contribution in [2.45, 2.75) is 6.54 Å². The van der Waals surface area contributed by atoms with E-state index in [0.717, 1.165) is 6.26 Å². The summed E-state index contributed by atoms with van der Waals surface area (Å²) in [7, 11) is -3.68. The van der Waals surface area contributed by atoms with Crippen LogP contribution in [-0.4, -0.2) is 25.1 Å². The van der Waals surface area contributed by atoms with Crippen LogP contribution in [0.1, 0.15) is 15.9 Å². The number of hydrogen-bond donors (Lipinski definition) is 1. The van der Waals surface area contributed by atoms with Gasteiger partial charge in [0, 0.05) is 12.3 Å². The number of nitrogens with one attached hydrogen (secondary N) is 1. The number of rotatable bonds is 4. The summed E-state index contributed by atoms with van der Waals surface area (Å²) >= 11 is 11.8. The van der Waals surface area contributed by atoms with Crippen LogP contribution in [0.2, 0.25) is 10.0 Å². The van der Waals surface area contributed by atoms with Crippen LogP contribution in [0.5, 0.6) is 0 Å². The van der Waals surface area contributed by atoms with E-state index < -0.39 is 15.9 Å². The first-order valence-corrected chi connectivity index (χ1v) is 8.97. The molecule has 1 aromatic carbocycles. The average Bonchev–Trinajstić information content (AvgIpc) is 2.43. The maximum atomic E-state index is 11.9. The van der Waals surface area contributed by atoms with Gasteiger partial charge in [0.25, 0.3) is 11.5 Å². The van der Waals surface area contributed by atoms with Crippen molar-refractivity contribution in [1.29, 1.82) is 0 Å². The van der Waals surface area contributed by atoms with E-state index in [4.69, 9.17) is 23.2 Å². The molecule has 2 rings (SSSR count). The molecule has 1 N–H and O–H groups in total. The fourth-order valence-corrected chi connectivity index (χ4v) is 2.63. The minimum atomic E-state index is -3.68. The lowest BCUT2D eigenvalue weighted by Crippen LogP contribution is -2.31. The summed E-state index contributed by atoms with van der Waals surface area (Å²) in [6.45, 7) is 0.162. The van der Waals surface area contributed by atoms with Crippen LogP contribution in [-0.2, 0) is 16.6 Å². The topological polar surface area (TPSA) is 85.2 Å². The van der Waals surface area contributed by atoms with Crippen molar-refractivity contribution in [3.63, 3.8) is 0 Å². The Morgan fingerprint density at radius 2 is 1.87 bits per heavy atom. The number of nitrogens with zero attached hydrogens (tertiary/aromatic N) is 1. The zero-order valence-electron chi connectivity index (χ0n) is 11.9. The quantitative estimate of drug-likeness (QED) is 0.885. The van der Waals surface area contributed by atoms with Crippen molar-refractivity contribution in [3.8, 4) is 0 Å². The number of halogens is 2. The second-order valence-corrected chi connectivity index (χ2v) is 7.40. The highest BCUT2D eigenvalue weighted by Gasteiger charge is 2.12. The van der Waals surface area contributed by atoms with E-state index >= 15 is 0 Å². The summed E-state index contributed by atoms with van der Waals surface area (Å²) in [6, 6.07) is 7.36. The molecule has 0 unspecified atom stereocenters. The largest absolute Gasteiger partial charge is 0.310 e. The minimum absolute atomic E-state index is 0.0510. The van der Waals surface area contributed by atoms with Crippen LogP contribution < -0.4 is 10.3 Å². The molecule has 0 spiro atoms. The van der Waals surface area contributed by atoms with Crippen molar-refractivity contribution in [3.05, 3.63) is 68.1 Å². The van der Waals surface area contributed by atoms with Crippen LogP contribution in [0.4, 0.5) is 0 Å². The van der Waals surface area contributed by atoms with Crippen molar-refractivity contribution in [2.75, 3.05) is 6.26 Å². The Morgan fingerprint density at radius 3 is 2.48 bits per heavy atom. The van der Waals surface area contributed by atoms with E-state index in [1.165, 1.54) is 22.9 Å². The molecule has 0 atom stereocenters. The van der Waals surface area contributed by atoms with Gasteiger partial charge in [-0.3, -0.25) is 9.59 Å². The normalized spacial score (nSPS) is 11.3. The molecule has 0 aliphatic heterocycles. The SMILES string of the molecule is CS(=O)(=O)NC(=O)c1ccc(=O)n(Cc2ccc(Cl)c(Cl)c2)c1. The van der Waals surface area contributed by atoms with Gasteiger partial charge < -0.3 is 4.57 Å². The second kappa shape index (κ2) is 6.74. The number of aromatic nitrogens is 1. The zero-order valence-corrected chi connectivity index (χ0v) is 14.2. The van der Waals surface area contributed by atoms with Crippen LogP contribution >= 0.6 is 23.2 Å². The summed E-state index contributed by atoms with van der Waals surface area (Å²) in [5, 5.41) is 0.743. The molecule has 0 aliphatic carbocycles. The van der Waals surface area contributed by atoms with Gasteiger partial charge in [-0.05, 0) is 23.8 Å². The van der Waals surface area contributed by atoms with Gasteiger partial charge in [-0.25, -0.2) is 13.1 Å². The fraction of sp³-hybridized carbons (Fsp3) is 0.143. The summed E-state index contributed by atoms with van der Waals surface area (Å²) in [4.78, 5) is 23.7. The first-order chi connectivity index (χ1) is 10.7. The number of hydrogen-bond acceptors (Lipinski definition) is 4. The molecular formula is C14H12Cl2N2O4S. The molecule has 0 fully saturated rings. The molecule has 0 radical (unpaired) electrons. The number of amides is 1. The van der Waals surface area contributed by atoms with Gasteiger partial charge in [-0.15, -0.1) is 0 Å². The zero-order chi connectivity index (χ0) is 17.2. The van der Waals surface area contributed by atoms with Gasteiger partial charge in [-0.1, -0.05) is 29.3 Å². The fourth-order valence-electron chi connectivity index (χ4n) is 1.85. The van der Waals surface area contributed by atoms with E-state index in [0.29, 0.717) is 15.6 Å². The van der Waals surface area contributed by atoms with Crippen LogP contribution in [0.3, 0.4) is 0 Å². The summed E-state index contributed by atoms with van der Waals surface area (Å²) in [6.07, 6.45) is 2.15. The number of carbonyl (C=O) groups is 1. The van der Waals surface area contributed by atoms with Gasteiger partial charge in [0.2, 0.25) is 10.0 Å². The van der Waals surface area contributed by atoms with Gasteiger partial charge in [0.05, 0.1) is 28.4 Å². The second-order valence-electron chi connectivity index (χ2n) is 4.84. The Morgan fingerprint density at radius 1 is 1.17 bits per heavy atom. The van der Waals surface area contributed by atoms with Crippen molar-refractivity contribution < 1.29 is 13.2 Å². The number of sulfonamides is 1. The molecule has 122 valence electrons. The van der Waals surface area contributed by atoms with Crippen LogP contribution in [0, 0.1) is 0 Å². The first kappa shape index (κ1) is 17.5. The molecule has 2 aromatic rings. The van der Waals surface area contributed by atoms with Crippen LogP contribution in [0.15, 0.2) is 41.3 Å². The Hall–Kier alpha value is -1.83. The average molecular weight is 375 g/mol. The lowest BCUT2D eigenvalue weighted by atomic mass is 10.2. The maximum absolute atomic E-state index is 11.9. The number of carbonyl (C=O) groups excluding carboxylic acids is 1. The number of pyridine rings is 1. The number of benzene rings is 1. The van der Waals surface area contributed by atoms with Gasteiger partial charge in [-0.2, -0.15) is 0 Å². The Labute approximate surface area is 142 Å². The molecule has 23 heavy (non-hydrogen) atoms. The highest BCUT2D eigenvalue weighted by atomic mass is 35.5. The third-order valence-electron chi connectivity index (χ3n) is 2.86. The summed E-state index contributed by atoms with van der Waals surface area (Å²) in [5.41, 5.74) is 0.421. The summed E-state index contributed by atoms with van der Waals surface area (Å²) < 4.78 is 25.3. The third kappa shape index (κ3) is 4.82. The Kier molecular flexibility index (Phi) is 5.13. The van der Waals surface area contributed by atoms with E-state index in [1.807, 2.05) is 4.72 Å². The van der Waals surface area contributed by atoms with Gasteiger partial charge in [0.15, 0.2) is 0 Å². The lowest BCUT2D eigenvalue weighted by molar-refractivity contribution is 0.0981. The minimum Gasteiger partial charge on any atom is -0.310 e. The molecule has 9 heteroatoms. The van der Waals surface area contributed by atoms with Gasteiger partial charge >= 0.3 is 0 Å². The molecule has 1 heterocycles. The predicted molar refractivity (Wildman–Crippen MR) is 88.6 cm³/mol. The lowest BCUT2D eigenvalue weighted by Gasteiger charge is -2.09. The summed E-state index contributed by atoms with van der Waals surface area (Å²) in [5.74, 6) is -0.810. The highest BCUT2D eigenvalue weighted by molar-refractivity contribution is 7.89. The molecule has 6 nitrogen and oxygen atoms in total. The third-order valence-corrected chi connectivity index (χ3v) is 4.16. The molecule has 0 saturated carbocycles.